The van der Waals surface area contributed by atoms with Gasteiger partial charge >= 0.3 is 5.97 Å². The van der Waals surface area contributed by atoms with Gasteiger partial charge < -0.3 is 14.2 Å². The van der Waals surface area contributed by atoms with Gasteiger partial charge in [0, 0.05) is 5.56 Å². The van der Waals surface area contributed by atoms with Gasteiger partial charge in [-0.1, -0.05) is 42.5 Å². The second-order valence-electron chi connectivity index (χ2n) is 9.37. The van der Waals surface area contributed by atoms with Crippen molar-refractivity contribution in [2.75, 3.05) is 6.61 Å². The summed E-state index contributed by atoms with van der Waals surface area (Å²) in [5.74, 6) is 1.04. The minimum Gasteiger partial charge on any atom is -0.458 e. The molecule has 3 aromatic carbocycles. The smallest absolute Gasteiger partial charge is 0.332 e. The maximum Gasteiger partial charge on any atom is 0.332 e. The molecule has 1 saturated carbocycles. The Labute approximate surface area is 194 Å². The number of para-hydroxylation sites is 1. The summed E-state index contributed by atoms with van der Waals surface area (Å²) in [7, 11) is 0. The molecule has 0 amide bonds. The molecule has 1 aliphatic rings. The average molecular weight is 449 g/mol. The van der Waals surface area contributed by atoms with E-state index in [4.69, 9.17) is 14.2 Å². The van der Waals surface area contributed by atoms with Gasteiger partial charge in [0.05, 0.1) is 6.10 Å². The van der Waals surface area contributed by atoms with Crippen LogP contribution in [0.25, 0.3) is 11.1 Å². The third kappa shape index (κ3) is 6.20. The van der Waals surface area contributed by atoms with E-state index in [9.17, 15) is 9.18 Å². The van der Waals surface area contributed by atoms with E-state index in [1.54, 1.807) is 12.1 Å². The van der Waals surface area contributed by atoms with Crippen molar-refractivity contribution in [3.8, 4) is 22.6 Å². The van der Waals surface area contributed by atoms with Crippen LogP contribution in [0.15, 0.2) is 72.8 Å². The SMILES string of the molecule is CC(C)(C)OC(=O)COC1CC(c2ccc(-c3cc(Oc4ccccc4)ccc3F)cc2)C1. The zero-order valence-corrected chi connectivity index (χ0v) is 19.2. The van der Waals surface area contributed by atoms with Crippen molar-refractivity contribution < 1.29 is 23.4 Å². The van der Waals surface area contributed by atoms with Crippen LogP contribution < -0.4 is 4.74 Å². The molecule has 0 aromatic heterocycles. The first-order chi connectivity index (χ1) is 15.8. The van der Waals surface area contributed by atoms with Crippen molar-refractivity contribution >= 4 is 5.97 Å². The first kappa shape index (κ1) is 23.0. The molecule has 1 fully saturated rings. The van der Waals surface area contributed by atoms with E-state index >= 15 is 0 Å². The molecule has 0 heterocycles. The highest BCUT2D eigenvalue weighted by molar-refractivity contribution is 5.71. The summed E-state index contributed by atoms with van der Waals surface area (Å²) in [6.45, 7) is 5.50. The third-order valence-corrected chi connectivity index (χ3v) is 5.56. The summed E-state index contributed by atoms with van der Waals surface area (Å²) in [4.78, 5) is 11.8. The molecular weight excluding hydrogens is 419 g/mol. The highest BCUT2D eigenvalue weighted by atomic mass is 19.1. The summed E-state index contributed by atoms with van der Waals surface area (Å²) in [5, 5.41) is 0. The fraction of sp³-hybridized carbons (Fsp3) is 0.321. The lowest BCUT2D eigenvalue weighted by Gasteiger charge is -2.35. The number of hydrogen-bond donors (Lipinski definition) is 0. The second-order valence-corrected chi connectivity index (χ2v) is 9.37. The number of hydrogen-bond acceptors (Lipinski definition) is 4. The van der Waals surface area contributed by atoms with Crippen LogP contribution in [-0.2, 0) is 14.3 Å². The van der Waals surface area contributed by atoms with E-state index in [-0.39, 0.29) is 24.5 Å². The standard InChI is InChI=1S/C28H29FO4/c1-28(2,3)33-27(30)18-31-24-15-21(16-24)19-9-11-20(12-10-19)25-17-23(13-14-26(25)29)32-22-7-5-4-6-8-22/h4-14,17,21,24H,15-16,18H2,1-3H3. The Balaban J connectivity index is 1.34. The van der Waals surface area contributed by atoms with Gasteiger partial charge in [-0.15, -0.1) is 0 Å². The van der Waals surface area contributed by atoms with Crippen LogP contribution in [0.4, 0.5) is 4.39 Å². The van der Waals surface area contributed by atoms with Crippen LogP contribution in [0.5, 0.6) is 11.5 Å². The van der Waals surface area contributed by atoms with Crippen molar-refractivity contribution in [2.24, 2.45) is 0 Å². The summed E-state index contributed by atoms with van der Waals surface area (Å²) < 4.78 is 31.3. The van der Waals surface area contributed by atoms with E-state index in [0.717, 1.165) is 18.4 Å². The topological polar surface area (TPSA) is 44.8 Å². The van der Waals surface area contributed by atoms with Gasteiger partial charge in [0.15, 0.2) is 0 Å². The molecule has 4 nitrogen and oxygen atoms in total. The number of carbonyl (C=O) groups excluding carboxylic acids is 1. The molecule has 5 heteroatoms. The highest BCUT2D eigenvalue weighted by Crippen LogP contribution is 2.39. The normalized spacial score (nSPS) is 17.8. The van der Waals surface area contributed by atoms with E-state index in [1.165, 1.54) is 11.6 Å². The van der Waals surface area contributed by atoms with Gasteiger partial charge in [0.1, 0.15) is 29.5 Å². The van der Waals surface area contributed by atoms with Crippen LogP contribution in [0.2, 0.25) is 0 Å². The Bertz CT molecular complexity index is 1080. The zero-order chi connectivity index (χ0) is 23.4. The lowest BCUT2D eigenvalue weighted by molar-refractivity contribution is -0.164. The molecule has 4 rings (SSSR count). The number of benzene rings is 3. The first-order valence-electron chi connectivity index (χ1n) is 11.2. The zero-order valence-electron chi connectivity index (χ0n) is 19.2. The largest absolute Gasteiger partial charge is 0.458 e. The number of rotatable bonds is 7. The Morgan fingerprint density at radius 2 is 1.64 bits per heavy atom. The lowest BCUT2D eigenvalue weighted by Crippen LogP contribution is -2.33. The molecule has 172 valence electrons. The molecule has 0 aliphatic heterocycles. The molecule has 0 bridgehead atoms. The molecule has 33 heavy (non-hydrogen) atoms. The molecule has 1 aliphatic carbocycles. The van der Waals surface area contributed by atoms with Crippen LogP contribution in [-0.4, -0.2) is 24.3 Å². The van der Waals surface area contributed by atoms with Gasteiger partial charge in [-0.3, -0.25) is 0 Å². The second kappa shape index (κ2) is 9.75. The molecule has 0 N–H and O–H groups in total. The number of halogens is 1. The van der Waals surface area contributed by atoms with Crippen molar-refractivity contribution in [3.05, 3.63) is 84.2 Å². The summed E-state index contributed by atoms with van der Waals surface area (Å²) >= 11 is 0. The summed E-state index contributed by atoms with van der Waals surface area (Å²) in [6.07, 6.45) is 1.78. The van der Waals surface area contributed by atoms with E-state index in [1.807, 2.05) is 75.4 Å². The van der Waals surface area contributed by atoms with Gasteiger partial charge in [-0.2, -0.15) is 0 Å². The summed E-state index contributed by atoms with van der Waals surface area (Å²) in [6, 6.07) is 22.2. The molecular formula is C28H29FO4. The van der Waals surface area contributed by atoms with Gasteiger partial charge in [-0.25, -0.2) is 9.18 Å². The van der Waals surface area contributed by atoms with E-state index < -0.39 is 5.60 Å². The minimum absolute atomic E-state index is 0.0196. The Kier molecular flexibility index (Phi) is 6.80. The summed E-state index contributed by atoms with van der Waals surface area (Å²) in [5.41, 5.74) is 1.98. The Morgan fingerprint density at radius 3 is 2.30 bits per heavy atom. The molecule has 3 aromatic rings. The maximum absolute atomic E-state index is 14.5. The van der Waals surface area contributed by atoms with Gasteiger partial charge in [0.25, 0.3) is 0 Å². The molecule has 0 unspecified atom stereocenters. The predicted octanol–water partition coefficient (Wildman–Crippen LogP) is 6.89. The van der Waals surface area contributed by atoms with Crippen LogP contribution in [0, 0.1) is 5.82 Å². The number of esters is 1. The van der Waals surface area contributed by atoms with Crippen molar-refractivity contribution in [2.45, 2.75) is 51.2 Å². The Hall–Kier alpha value is -3.18. The molecule has 0 atom stereocenters. The molecule has 0 saturated heterocycles. The van der Waals surface area contributed by atoms with Crippen LogP contribution in [0.1, 0.15) is 45.1 Å². The number of ether oxygens (including phenoxy) is 3. The number of carbonyl (C=O) groups is 1. The van der Waals surface area contributed by atoms with Crippen LogP contribution >= 0.6 is 0 Å². The first-order valence-corrected chi connectivity index (χ1v) is 11.2. The fourth-order valence-electron chi connectivity index (χ4n) is 3.88. The van der Waals surface area contributed by atoms with Gasteiger partial charge in [-0.05, 0) is 81.0 Å². The van der Waals surface area contributed by atoms with Crippen molar-refractivity contribution in [1.29, 1.82) is 0 Å². The third-order valence-electron chi connectivity index (χ3n) is 5.56. The average Bonchev–Trinajstić information content (AvgIpc) is 2.74. The fourth-order valence-corrected chi connectivity index (χ4v) is 3.88. The van der Waals surface area contributed by atoms with E-state index in [2.05, 4.69) is 0 Å². The van der Waals surface area contributed by atoms with Gasteiger partial charge in [0.2, 0.25) is 0 Å². The molecule has 0 radical (unpaired) electrons. The van der Waals surface area contributed by atoms with E-state index in [0.29, 0.717) is 23.0 Å². The van der Waals surface area contributed by atoms with Crippen molar-refractivity contribution in [3.63, 3.8) is 0 Å². The quantitative estimate of drug-likeness (QED) is 0.369. The monoisotopic (exact) mass is 448 g/mol. The Morgan fingerprint density at radius 1 is 0.939 bits per heavy atom. The van der Waals surface area contributed by atoms with Crippen LogP contribution in [0.3, 0.4) is 0 Å². The predicted molar refractivity (Wildman–Crippen MR) is 126 cm³/mol. The maximum atomic E-state index is 14.5. The van der Waals surface area contributed by atoms with Crippen molar-refractivity contribution in [1.82, 2.24) is 0 Å². The minimum atomic E-state index is -0.503. The molecule has 0 spiro atoms. The highest BCUT2D eigenvalue weighted by Gasteiger charge is 2.32. The lowest BCUT2D eigenvalue weighted by atomic mass is 9.77.